The highest BCUT2D eigenvalue weighted by molar-refractivity contribution is 5.94. The van der Waals surface area contributed by atoms with Gasteiger partial charge in [-0.25, -0.2) is 0 Å². The van der Waals surface area contributed by atoms with Crippen molar-refractivity contribution in [2.75, 3.05) is 13.7 Å². The molecule has 1 atom stereocenters. The Balaban J connectivity index is 2.60. The van der Waals surface area contributed by atoms with Crippen molar-refractivity contribution in [1.82, 2.24) is 5.32 Å². The predicted molar refractivity (Wildman–Crippen MR) is 61.5 cm³/mol. The fourth-order valence-corrected chi connectivity index (χ4v) is 1.34. The van der Waals surface area contributed by atoms with Gasteiger partial charge in [0.15, 0.2) is 0 Å². The van der Waals surface area contributed by atoms with E-state index in [1.807, 2.05) is 6.92 Å². The highest BCUT2D eigenvalue weighted by Crippen LogP contribution is 2.09. The molecule has 0 spiro atoms. The summed E-state index contributed by atoms with van der Waals surface area (Å²) in [5, 5.41) is 12.0. The van der Waals surface area contributed by atoms with Gasteiger partial charge in [0.05, 0.1) is 12.6 Å². The quantitative estimate of drug-likeness (QED) is 0.796. The van der Waals surface area contributed by atoms with Gasteiger partial charge < -0.3 is 15.2 Å². The lowest BCUT2D eigenvalue weighted by atomic mass is 10.1. The number of hydrogen-bond donors (Lipinski definition) is 2. The predicted octanol–water partition coefficient (Wildman–Crippen LogP) is 1.55. The van der Waals surface area contributed by atoms with Crippen LogP contribution in [0, 0.1) is 0 Å². The third-order valence-corrected chi connectivity index (χ3v) is 2.33. The first-order valence-electron chi connectivity index (χ1n) is 5.26. The molecule has 0 bridgehead atoms. The van der Waals surface area contributed by atoms with E-state index in [1.54, 1.807) is 19.2 Å². The zero-order chi connectivity index (χ0) is 12.0. The first kappa shape index (κ1) is 12.5. The standard InChI is InChI=1S/C12H17NO3/c1-3-10(8-16-2)13-12(15)9-4-6-11(14)7-5-9/h4-7,10,14H,3,8H2,1-2H3,(H,13,15). The minimum atomic E-state index is -0.149. The lowest BCUT2D eigenvalue weighted by molar-refractivity contribution is 0.0894. The highest BCUT2D eigenvalue weighted by Gasteiger charge is 2.11. The average molecular weight is 223 g/mol. The summed E-state index contributed by atoms with van der Waals surface area (Å²) in [6.45, 7) is 2.49. The Morgan fingerprint density at radius 1 is 1.44 bits per heavy atom. The molecule has 1 rings (SSSR count). The molecule has 0 saturated heterocycles. The molecule has 1 amide bonds. The van der Waals surface area contributed by atoms with Crippen molar-refractivity contribution in [1.29, 1.82) is 0 Å². The summed E-state index contributed by atoms with van der Waals surface area (Å²) in [7, 11) is 1.61. The van der Waals surface area contributed by atoms with E-state index in [4.69, 9.17) is 9.84 Å². The SMILES string of the molecule is CCC(COC)NC(=O)c1ccc(O)cc1. The summed E-state index contributed by atoms with van der Waals surface area (Å²) in [5.74, 6) is 0.00406. The van der Waals surface area contributed by atoms with Gasteiger partial charge in [-0.15, -0.1) is 0 Å². The van der Waals surface area contributed by atoms with Gasteiger partial charge in [0, 0.05) is 12.7 Å². The molecule has 1 unspecified atom stereocenters. The highest BCUT2D eigenvalue weighted by atomic mass is 16.5. The van der Waals surface area contributed by atoms with Crippen LogP contribution in [-0.4, -0.2) is 30.8 Å². The normalized spacial score (nSPS) is 12.1. The van der Waals surface area contributed by atoms with Crippen molar-refractivity contribution >= 4 is 5.91 Å². The Hall–Kier alpha value is -1.55. The van der Waals surface area contributed by atoms with Gasteiger partial charge in [-0.1, -0.05) is 6.92 Å². The Morgan fingerprint density at radius 2 is 2.06 bits per heavy atom. The van der Waals surface area contributed by atoms with E-state index in [1.165, 1.54) is 12.1 Å². The fraction of sp³-hybridized carbons (Fsp3) is 0.417. The number of aromatic hydroxyl groups is 1. The van der Waals surface area contributed by atoms with E-state index in [0.717, 1.165) is 6.42 Å². The van der Waals surface area contributed by atoms with Crippen LogP contribution in [0.5, 0.6) is 5.75 Å². The molecule has 0 radical (unpaired) electrons. The summed E-state index contributed by atoms with van der Waals surface area (Å²) in [6, 6.07) is 6.18. The molecule has 1 aromatic rings. The number of phenolic OH excluding ortho intramolecular Hbond substituents is 1. The number of rotatable bonds is 5. The number of nitrogens with one attached hydrogen (secondary N) is 1. The summed E-state index contributed by atoms with van der Waals surface area (Å²) in [5.41, 5.74) is 0.535. The van der Waals surface area contributed by atoms with Gasteiger partial charge in [0.1, 0.15) is 5.75 Å². The second-order valence-electron chi connectivity index (χ2n) is 3.58. The second-order valence-corrected chi connectivity index (χ2v) is 3.58. The van der Waals surface area contributed by atoms with Gasteiger partial charge in [0.2, 0.25) is 0 Å². The summed E-state index contributed by atoms with van der Waals surface area (Å²) in [4.78, 5) is 11.8. The molecule has 0 aliphatic heterocycles. The fourth-order valence-electron chi connectivity index (χ4n) is 1.34. The average Bonchev–Trinajstić information content (AvgIpc) is 2.29. The number of methoxy groups -OCH3 is 1. The van der Waals surface area contributed by atoms with Gasteiger partial charge in [-0.05, 0) is 30.7 Å². The molecule has 0 aliphatic carbocycles. The number of carbonyl (C=O) groups excluding carboxylic acids is 1. The van der Waals surface area contributed by atoms with Crippen molar-refractivity contribution in [2.45, 2.75) is 19.4 Å². The van der Waals surface area contributed by atoms with Crippen LogP contribution >= 0.6 is 0 Å². The van der Waals surface area contributed by atoms with E-state index in [-0.39, 0.29) is 17.7 Å². The largest absolute Gasteiger partial charge is 0.508 e. The van der Waals surface area contributed by atoms with Crippen molar-refractivity contribution < 1.29 is 14.6 Å². The minimum Gasteiger partial charge on any atom is -0.508 e. The van der Waals surface area contributed by atoms with Crippen molar-refractivity contribution in [3.05, 3.63) is 29.8 Å². The van der Waals surface area contributed by atoms with Crippen LogP contribution < -0.4 is 5.32 Å². The second kappa shape index (κ2) is 6.12. The van der Waals surface area contributed by atoms with E-state index in [0.29, 0.717) is 12.2 Å². The Labute approximate surface area is 95.2 Å². The Morgan fingerprint density at radius 3 is 2.56 bits per heavy atom. The zero-order valence-electron chi connectivity index (χ0n) is 9.56. The Bertz CT molecular complexity index is 335. The topological polar surface area (TPSA) is 58.6 Å². The minimum absolute atomic E-state index is 0.0197. The first-order chi connectivity index (χ1) is 7.67. The third kappa shape index (κ3) is 3.55. The molecule has 0 saturated carbocycles. The molecule has 2 N–H and O–H groups in total. The van der Waals surface area contributed by atoms with Crippen LogP contribution in [0.25, 0.3) is 0 Å². The van der Waals surface area contributed by atoms with Crippen LogP contribution in [0.4, 0.5) is 0 Å². The van der Waals surface area contributed by atoms with Crippen LogP contribution in [0.15, 0.2) is 24.3 Å². The molecule has 0 fully saturated rings. The number of phenols is 1. The monoisotopic (exact) mass is 223 g/mol. The van der Waals surface area contributed by atoms with Crippen LogP contribution in [0.1, 0.15) is 23.7 Å². The molecule has 4 heteroatoms. The van der Waals surface area contributed by atoms with Gasteiger partial charge in [-0.2, -0.15) is 0 Å². The van der Waals surface area contributed by atoms with E-state index in [2.05, 4.69) is 5.32 Å². The maximum absolute atomic E-state index is 11.8. The summed E-state index contributed by atoms with van der Waals surface area (Å²) < 4.78 is 5.00. The zero-order valence-corrected chi connectivity index (χ0v) is 9.56. The van der Waals surface area contributed by atoms with Crippen LogP contribution in [-0.2, 0) is 4.74 Å². The maximum Gasteiger partial charge on any atom is 0.251 e. The maximum atomic E-state index is 11.8. The number of benzene rings is 1. The van der Waals surface area contributed by atoms with Gasteiger partial charge >= 0.3 is 0 Å². The third-order valence-electron chi connectivity index (χ3n) is 2.33. The molecule has 0 aromatic heterocycles. The van der Waals surface area contributed by atoms with E-state index >= 15 is 0 Å². The number of carbonyl (C=O) groups is 1. The van der Waals surface area contributed by atoms with Crippen molar-refractivity contribution in [2.24, 2.45) is 0 Å². The number of ether oxygens (including phenoxy) is 1. The van der Waals surface area contributed by atoms with Gasteiger partial charge in [-0.3, -0.25) is 4.79 Å². The number of amides is 1. The molecule has 4 nitrogen and oxygen atoms in total. The van der Waals surface area contributed by atoms with E-state index < -0.39 is 0 Å². The van der Waals surface area contributed by atoms with Gasteiger partial charge in [0.25, 0.3) is 5.91 Å². The summed E-state index contributed by atoms with van der Waals surface area (Å²) >= 11 is 0. The molecule has 88 valence electrons. The van der Waals surface area contributed by atoms with Crippen LogP contribution in [0.3, 0.4) is 0 Å². The first-order valence-corrected chi connectivity index (χ1v) is 5.26. The van der Waals surface area contributed by atoms with Crippen molar-refractivity contribution in [3.8, 4) is 5.75 Å². The molecular weight excluding hydrogens is 206 g/mol. The van der Waals surface area contributed by atoms with E-state index in [9.17, 15) is 4.79 Å². The molecule has 1 aromatic carbocycles. The van der Waals surface area contributed by atoms with Crippen LogP contribution in [0.2, 0.25) is 0 Å². The number of hydrogen-bond acceptors (Lipinski definition) is 3. The lowest BCUT2D eigenvalue weighted by Gasteiger charge is -2.15. The smallest absolute Gasteiger partial charge is 0.251 e. The molecule has 0 heterocycles. The summed E-state index contributed by atoms with van der Waals surface area (Å²) in [6.07, 6.45) is 0.817. The molecule has 0 aliphatic rings. The lowest BCUT2D eigenvalue weighted by Crippen LogP contribution is -2.37. The molecule has 16 heavy (non-hydrogen) atoms. The Kier molecular flexibility index (Phi) is 4.79. The molecular formula is C12H17NO3. The van der Waals surface area contributed by atoms with Crippen molar-refractivity contribution in [3.63, 3.8) is 0 Å².